The van der Waals surface area contributed by atoms with Gasteiger partial charge in [0.05, 0.1) is 5.92 Å². The molecule has 3 rings (SSSR count). The zero-order valence-corrected chi connectivity index (χ0v) is 19.0. The van der Waals surface area contributed by atoms with E-state index < -0.39 is 0 Å². The minimum atomic E-state index is -0.279. The molecule has 0 radical (unpaired) electrons. The monoisotopic (exact) mass is 436 g/mol. The number of aryl methyl sites for hydroxylation is 1. The van der Waals surface area contributed by atoms with Crippen LogP contribution in [0, 0.1) is 18.8 Å². The maximum atomic E-state index is 12.9. The lowest BCUT2D eigenvalue weighted by Crippen LogP contribution is -2.45. The van der Waals surface area contributed by atoms with Gasteiger partial charge in [-0.05, 0) is 61.6 Å². The van der Waals surface area contributed by atoms with Crippen LogP contribution in [0.25, 0.3) is 0 Å². The number of piperidine rings is 1. The zero-order valence-electron chi connectivity index (χ0n) is 19.0. The number of nitrogens with one attached hydrogen (secondary N) is 3. The van der Waals surface area contributed by atoms with E-state index in [-0.39, 0.29) is 23.8 Å². The average molecular weight is 437 g/mol. The molecule has 0 spiro atoms. The van der Waals surface area contributed by atoms with Gasteiger partial charge in [-0.1, -0.05) is 32.0 Å². The van der Waals surface area contributed by atoms with E-state index in [1.807, 2.05) is 51.1 Å². The summed E-state index contributed by atoms with van der Waals surface area (Å²) >= 11 is 0. The number of carbonyl (C=O) groups excluding carboxylic acids is 3. The second kappa shape index (κ2) is 10.8. The lowest BCUT2D eigenvalue weighted by molar-refractivity contribution is -0.121. The molecule has 1 heterocycles. The number of urea groups is 1. The molecule has 7 heteroatoms. The highest BCUT2D eigenvalue weighted by molar-refractivity contribution is 5.97. The number of hydrogen-bond acceptors (Lipinski definition) is 3. The Bertz CT molecular complexity index is 959. The van der Waals surface area contributed by atoms with Crippen molar-refractivity contribution in [3.8, 4) is 0 Å². The first-order valence-corrected chi connectivity index (χ1v) is 11.1. The second-order valence-electron chi connectivity index (χ2n) is 8.70. The third kappa shape index (κ3) is 6.33. The Balaban J connectivity index is 1.58. The van der Waals surface area contributed by atoms with E-state index in [1.54, 1.807) is 23.1 Å². The number of nitrogens with zero attached hydrogens (tertiary/aromatic N) is 1. The van der Waals surface area contributed by atoms with E-state index in [4.69, 9.17) is 0 Å². The summed E-state index contributed by atoms with van der Waals surface area (Å²) in [5.74, 6) is -0.128. The van der Waals surface area contributed by atoms with Crippen molar-refractivity contribution >= 4 is 29.2 Å². The lowest BCUT2D eigenvalue weighted by atomic mass is 9.97. The molecular formula is C25H32N4O3. The highest BCUT2D eigenvalue weighted by Crippen LogP contribution is 2.22. The summed E-state index contributed by atoms with van der Waals surface area (Å²) in [4.78, 5) is 39.4. The van der Waals surface area contributed by atoms with Crippen LogP contribution in [0.5, 0.6) is 0 Å². The smallest absolute Gasteiger partial charge is 0.321 e. The number of likely N-dealkylation sites (tertiary alicyclic amines) is 1. The van der Waals surface area contributed by atoms with Crippen LogP contribution in [0.15, 0.2) is 48.5 Å². The third-order valence-corrected chi connectivity index (χ3v) is 5.52. The van der Waals surface area contributed by atoms with Crippen molar-refractivity contribution in [3.05, 3.63) is 59.7 Å². The maximum Gasteiger partial charge on any atom is 0.321 e. The van der Waals surface area contributed by atoms with Gasteiger partial charge in [-0.25, -0.2) is 4.79 Å². The molecule has 1 unspecified atom stereocenters. The van der Waals surface area contributed by atoms with E-state index in [9.17, 15) is 14.4 Å². The Kier molecular flexibility index (Phi) is 7.87. The fourth-order valence-corrected chi connectivity index (χ4v) is 3.68. The molecule has 1 fully saturated rings. The van der Waals surface area contributed by atoms with Crippen molar-refractivity contribution in [2.24, 2.45) is 11.8 Å². The van der Waals surface area contributed by atoms with Gasteiger partial charge in [-0.15, -0.1) is 0 Å². The first kappa shape index (κ1) is 23.3. The van der Waals surface area contributed by atoms with Crippen LogP contribution < -0.4 is 16.0 Å². The van der Waals surface area contributed by atoms with Gasteiger partial charge >= 0.3 is 6.03 Å². The molecule has 1 aliphatic heterocycles. The molecule has 1 atom stereocenters. The summed E-state index contributed by atoms with van der Waals surface area (Å²) in [7, 11) is 0. The maximum absolute atomic E-state index is 12.9. The molecule has 0 saturated carbocycles. The van der Waals surface area contributed by atoms with Crippen LogP contribution in [0.3, 0.4) is 0 Å². The van der Waals surface area contributed by atoms with Crippen molar-refractivity contribution in [3.63, 3.8) is 0 Å². The van der Waals surface area contributed by atoms with Crippen LogP contribution in [-0.4, -0.2) is 42.4 Å². The van der Waals surface area contributed by atoms with Gasteiger partial charge in [-0.3, -0.25) is 9.59 Å². The summed E-state index contributed by atoms with van der Waals surface area (Å²) in [6, 6.07) is 14.4. The Morgan fingerprint density at radius 2 is 1.81 bits per heavy atom. The van der Waals surface area contributed by atoms with Crippen LogP contribution >= 0.6 is 0 Å². The van der Waals surface area contributed by atoms with Crippen LogP contribution in [-0.2, 0) is 4.79 Å². The predicted molar refractivity (Wildman–Crippen MR) is 127 cm³/mol. The minimum Gasteiger partial charge on any atom is -0.352 e. The molecular weight excluding hydrogens is 404 g/mol. The summed E-state index contributed by atoms with van der Waals surface area (Å²) in [5, 5.41) is 8.76. The third-order valence-electron chi connectivity index (χ3n) is 5.52. The van der Waals surface area contributed by atoms with Crippen molar-refractivity contribution in [1.29, 1.82) is 0 Å². The quantitative estimate of drug-likeness (QED) is 0.632. The molecule has 0 aromatic heterocycles. The number of benzene rings is 2. The highest BCUT2D eigenvalue weighted by Gasteiger charge is 2.28. The molecule has 32 heavy (non-hydrogen) atoms. The standard InChI is InChI=1S/C25H32N4O3/c1-17(2)15-26-23(30)19-11-12-22(18(3)14-19)28-24(31)20-8-7-13-29(16-20)25(32)27-21-9-5-4-6-10-21/h4-6,9-12,14,17,20H,7-8,13,15-16H2,1-3H3,(H,26,30)(H,27,32)(H,28,31). The van der Waals surface area contributed by atoms with Gasteiger partial charge in [0.2, 0.25) is 5.91 Å². The summed E-state index contributed by atoms with van der Waals surface area (Å²) in [6.45, 7) is 7.58. The Morgan fingerprint density at radius 3 is 2.50 bits per heavy atom. The Labute approximate surface area is 189 Å². The molecule has 0 aliphatic carbocycles. The molecule has 170 valence electrons. The van der Waals surface area contributed by atoms with E-state index >= 15 is 0 Å². The first-order chi connectivity index (χ1) is 15.3. The number of para-hydroxylation sites is 1. The fraction of sp³-hybridized carbons (Fsp3) is 0.400. The van der Waals surface area contributed by atoms with Gasteiger partial charge in [0, 0.05) is 36.6 Å². The van der Waals surface area contributed by atoms with Crippen LogP contribution in [0.4, 0.5) is 16.2 Å². The summed E-state index contributed by atoms with van der Waals surface area (Å²) in [6.07, 6.45) is 1.50. The summed E-state index contributed by atoms with van der Waals surface area (Å²) < 4.78 is 0. The highest BCUT2D eigenvalue weighted by atomic mass is 16.2. The van der Waals surface area contributed by atoms with Gasteiger partial charge in [0.15, 0.2) is 0 Å². The number of hydrogen-bond donors (Lipinski definition) is 3. The predicted octanol–water partition coefficient (Wildman–Crippen LogP) is 4.26. The van der Waals surface area contributed by atoms with E-state index in [2.05, 4.69) is 16.0 Å². The second-order valence-corrected chi connectivity index (χ2v) is 8.70. The van der Waals surface area contributed by atoms with E-state index in [0.717, 1.165) is 24.1 Å². The normalized spacial score (nSPS) is 15.9. The molecule has 1 saturated heterocycles. The number of anilines is 2. The van der Waals surface area contributed by atoms with E-state index in [0.29, 0.717) is 36.8 Å². The van der Waals surface area contributed by atoms with Crippen molar-refractivity contribution in [2.45, 2.75) is 33.6 Å². The molecule has 4 amide bonds. The SMILES string of the molecule is Cc1cc(C(=O)NCC(C)C)ccc1NC(=O)C1CCCN(C(=O)Nc2ccccc2)C1. The number of amides is 4. The van der Waals surface area contributed by atoms with Crippen molar-refractivity contribution < 1.29 is 14.4 Å². The Hall–Kier alpha value is -3.35. The van der Waals surface area contributed by atoms with E-state index in [1.165, 1.54) is 0 Å². The zero-order chi connectivity index (χ0) is 23.1. The first-order valence-electron chi connectivity index (χ1n) is 11.1. The van der Waals surface area contributed by atoms with Crippen molar-refractivity contribution in [2.75, 3.05) is 30.3 Å². The van der Waals surface area contributed by atoms with Crippen LogP contribution in [0.1, 0.15) is 42.6 Å². The van der Waals surface area contributed by atoms with Gasteiger partial charge in [-0.2, -0.15) is 0 Å². The molecule has 3 N–H and O–H groups in total. The van der Waals surface area contributed by atoms with Gasteiger partial charge < -0.3 is 20.9 Å². The molecule has 7 nitrogen and oxygen atoms in total. The molecule has 0 bridgehead atoms. The summed E-state index contributed by atoms with van der Waals surface area (Å²) in [5.41, 5.74) is 2.81. The van der Waals surface area contributed by atoms with Crippen LogP contribution in [0.2, 0.25) is 0 Å². The Morgan fingerprint density at radius 1 is 1.06 bits per heavy atom. The topological polar surface area (TPSA) is 90.5 Å². The fourth-order valence-electron chi connectivity index (χ4n) is 3.68. The molecule has 2 aromatic rings. The minimum absolute atomic E-state index is 0.109. The number of rotatable bonds is 6. The molecule has 2 aromatic carbocycles. The molecule has 1 aliphatic rings. The van der Waals surface area contributed by atoms with Gasteiger partial charge in [0.1, 0.15) is 0 Å². The van der Waals surface area contributed by atoms with Gasteiger partial charge in [0.25, 0.3) is 5.91 Å². The number of carbonyl (C=O) groups is 3. The van der Waals surface area contributed by atoms with Crippen molar-refractivity contribution in [1.82, 2.24) is 10.2 Å². The lowest BCUT2D eigenvalue weighted by Gasteiger charge is -2.32. The average Bonchev–Trinajstić information content (AvgIpc) is 2.79. The largest absolute Gasteiger partial charge is 0.352 e.